The number of nitrogens with zero attached hydrogens (tertiary/aromatic N) is 2. The first-order valence-electron chi connectivity index (χ1n) is 5.98. The Labute approximate surface area is 115 Å². The number of nitrogen functional groups attached to an aromatic ring is 1. The SMILES string of the molecule is Nc1cccc(-n2ccc(C(=O)OCC(O)CO)n2)c1. The van der Waals surface area contributed by atoms with Gasteiger partial charge in [0.2, 0.25) is 0 Å². The van der Waals surface area contributed by atoms with Crippen molar-refractivity contribution in [1.29, 1.82) is 0 Å². The average molecular weight is 277 g/mol. The second kappa shape index (κ2) is 6.18. The molecular weight excluding hydrogens is 262 g/mol. The number of aliphatic hydroxyl groups excluding tert-OH is 2. The molecule has 0 amide bonds. The first kappa shape index (κ1) is 14.0. The van der Waals surface area contributed by atoms with Gasteiger partial charge in [0.25, 0.3) is 0 Å². The molecule has 7 nitrogen and oxygen atoms in total. The summed E-state index contributed by atoms with van der Waals surface area (Å²) in [7, 11) is 0. The summed E-state index contributed by atoms with van der Waals surface area (Å²) in [4.78, 5) is 11.7. The summed E-state index contributed by atoms with van der Waals surface area (Å²) in [6, 6.07) is 8.54. The largest absolute Gasteiger partial charge is 0.458 e. The molecule has 2 aromatic rings. The molecule has 106 valence electrons. The fourth-order valence-corrected chi connectivity index (χ4v) is 1.54. The predicted octanol–water partition coefficient (Wildman–Crippen LogP) is -0.0355. The number of aliphatic hydroxyl groups is 2. The maximum atomic E-state index is 11.7. The van der Waals surface area contributed by atoms with Gasteiger partial charge in [-0.1, -0.05) is 6.07 Å². The molecule has 1 aromatic carbocycles. The molecule has 1 aromatic heterocycles. The monoisotopic (exact) mass is 277 g/mol. The van der Waals surface area contributed by atoms with Gasteiger partial charge in [0.15, 0.2) is 5.69 Å². The lowest BCUT2D eigenvalue weighted by Crippen LogP contribution is -2.22. The van der Waals surface area contributed by atoms with Gasteiger partial charge in [-0.05, 0) is 24.3 Å². The van der Waals surface area contributed by atoms with E-state index in [0.717, 1.165) is 5.69 Å². The molecule has 0 aliphatic heterocycles. The molecule has 0 saturated heterocycles. The van der Waals surface area contributed by atoms with Crippen molar-refractivity contribution in [2.45, 2.75) is 6.10 Å². The van der Waals surface area contributed by atoms with E-state index in [9.17, 15) is 4.79 Å². The number of esters is 1. The van der Waals surface area contributed by atoms with Crippen molar-refractivity contribution in [3.63, 3.8) is 0 Å². The van der Waals surface area contributed by atoms with Gasteiger partial charge < -0.3 is 20.7 Å². The van der Waals surface area contributed by atoms with Crippen LogP contribution in [0.1, 0.15) is 10.5 Å². The van der Waals surface area contributed by atoms with Crippen molar-refractivity contribution in [1.82, 2.24) is 9.78 Å². The number of carbonyl (C=O) groups is 1. The van der Waals surface area contributed by atoms with E-state index in [1.54, 1.807) is 30.5 Å². The minimum Gasteiger partial charge on any atom is -0.458 e. The summed E-state index contributed by atoms with van der Waals surface area (Å²) in [6.07, 6.45) is 0.517. The number of anilines is 1. The molecule has 0 radical (unpaired) electrons. The van der Waals surface area contributed by atoms with Crippen LogP contribution in [0.2, 0.25) is 0 Å². The van der Waals surface area contributed by atoms with Gasteiger partial charge in [-0.3, -0.25) is 0 Å². The predicted molar refractivity (Wildman–Crippen MR) is 71.4 cm³/mol. The van der Waals surface area contributed by atoms with Gasteiger partial charge >= 0.3 is 5.97 Å². The highest BCUT2D eigenvalue weighted by Gasteiger charge is 2.13. The number of benzene rings is 1. The van der Waals surface area contributed by atoms with Crippen molar-refractivity contribution in [2.24, 2.45) is 0 Å². The number of carbonyl (C=O) groups excluding carboxylic acids is 1. The lowest BCUT2D eigenvalue weighted by atomic mass is 10.3. The van der Waals surface area contributed by atoms with Crippen LogP contribution in [0.5, 0.6) is 0 Å². The Balaban J connectivity index is 2.07. The number of rotatable bonds is 5. The van der Waals surface area contributed by atoms with Crippen molar-refractivity contribution in [3.8, 4) is 5.69 Å². The van der Waals surface area contributed by atoms with Crippen molar-refractivity contribution in [2.75, 3.05) is 18.9 Å². The zero-order valence-electron chi connectivity index (χ0n) is 10.6. The molecule has 0 aliphatic rings. The molecule has 20 heavy (non-hydrogen) atoms. The van der Waals surface area contributed by atoms with Crippen LogP contribution >= 0.6 is 0 Å². The van der Waals surface area contributed by atoms with Gasteiger partial charge in [0.05, 0.1) is 12.3 Å². The van der Waals surface area contributed by atoms with Crippen LogP contribution in [-0.2, 0) is 4.74 Å². The number of aromatic nitrogens is 2. The highest BCUT2D eigenvalue weighted by atomic mass is 16.5. The normalized spacial score (nSPS) is 12.1. The van der Waals surface area contributed by atoms with Crippen LogP contribution in [0.25, 0.3) is 5.69 Å². The molecule has 4 N–H and O–H groups in total. The van der Waals surface area contributed by atoms with Gasteiger partial charge in [-0.2, -0.15) is 5.10 Å². The first-order valence-corrected chi connectivity index (χ1v) is 5.98. The van der Waals surface area contributed by atoms with Crippen LogP contribution in [0.4, 0.5) is 5.69 Å². The van der Waals surface area contributed by atoms with E-state index in [0.29, 0.717) is 5.69 Å². The van der Waals surface area contributed by atoms with Crippen molar-refractivity contribution < 1.29 is 19.7 Å². The smallest absolute Gasteiger partial charge is 0.358 e. The van der Waals surface area contributed by atoms with Gasteiger partial charge in [0.1, 0.15) is 12.7 Å². The Bertz CT molecular complexity index is 597. The van der Waals surface area contributed by atoms with Crippen LogP contribution < -0.4 is 5.73 Å². The Morgan fingerprint density at radius 3 is 2.95 bits per heavy atom. The van der Waals surface area contributed by atoms with Crippen molar-refractivity contribution >= 4 is 11.7 Å². The third-order valence-electron chi connectivity index (χ3n) is 2.55. The van der Waals surface area contributed by atoms with Crippen molar-refractivity contribution in [3.05, 3.63) is 42.2 Å². The zero-order chi connectivity index (χ0) is 14.5. The van der Waals surface area contributed by atoms with Crippen LogP contribution in [0, 0.1) is 0 Å². The van der Waals surface area contributed by atoms with E-state index in [1.807, 2.05) is 0 Å². The number of hydrogen-bond acceptors (Lipinski definition) is 6. The Morgan fingerprint density at radius 1 is 1.45 bits per heavy atom. The summed E-state index contributed by atoms with van der Waals surface area (Å²) in [5.41, 5.74) is 7.10. The van der Waals surface area contributed by atoms with E-state index >= 15 is 0 Å². The Kier molecular flexibility index (Phi) is 4.34. The molecule has 7 heteroatoms. The van der Waals surface area contributed by atoms with Crippen LogP contribution in [-0.4, -0.2) is 45.3 Å². The molecule has 0 bridgehead atoms. The standard InChI is InChI=1S/C13H15N3O4/c14-9-2-1-3-10(6-9)16-5-4-12(15-16)13(19)20-8-11(18)7-17/h1-6,11,17-18H,7-8,14H2. The summed E-state index contributed by atoms with van der Waals surface area (Å²) in [5.74, 6) is -0.667. The Hall–Kier alpha value is -2.38. The van der Waals surface area contributed by atoms with Crippen LogP contribution in [0.15, 0.2) is 36.5 Å². The first-order chi connectivity index (χ1) is 9.60. The molecular formula is C13H15N3O4. The topological polar surface area (TPSA) is 111 Å². The summed E-state index contributed by atoms with van der Waals surface area (Å²) < 4.78 is 6.30. The molecule has 0 aliphatic carbocycles. The molecule has 0 fully saturated rings. The van der Waals surface area contributed by atoms with Crippen LogP contribution in [0.3, 0.4) is 0 Å². The lowest BCUT2D eigenvalue weighted by molar-refractivity contribution is 0.00885. The number of nitrogens with two attached hydrogens (primary N) is 1. The minimum atomic E-state index is -1.09. The molecule has 0 spiro atoms. The molecule has 0 saturated carbocycles. The number of hydrogen-bond donors (Lipinski definition) is 3. The Morgan fingerprint density at radius 2 is 2.25 bits per heavy atom. The fraction of sp³-hybridized carbons (Fsp3) is 0.231. The van der Waals surface area contributed by atoms with E-state index < -0.39 is 18.7 Å². The summed E-state index contributed by atoms with van der Waals surface area (Å²) in [6.45, 7) is -0.745. The highest BCUT2D eigenvalue weighted by molar-refractivity contribution is 5.87. The second-order valence-corrected chi connectivity index (χ2v) is 4.18. The third kappa shape index (κ3) is 3.34. The van der Waals surface area contributed by atoms with Gasteiger partial charge in [0, 0.05) is 11.9 Å². The highest BCUT2D eigenvalue weighted by Crippen LogP contribution is 2.12. The maximum Gasteiger partial charge on any atom is 0.358 e. The zero-order valence-corrected chi connectivity index (χ0v) is 10.6. The average Bonchev–Trinajstić information content (AvgIpc) is 2.94. The van der Waals surface area contributed by atoms with E-state index in [2.05, 4.69) is 5.10 Å². The molecule has 1 atom stereocenters. The van der Waals surface area contributed by atoms with E-state index in [1.165, 1.54) is 10.7 Å². The van der Waals surface area contributed by atoms with Gasteiger partial charge in [-0.25, -0.2) is 9.48 Å². The summed E-state index contributed by atoms with van der Waals surface area (Å²) in [5, 5.41) is 21.8. The summed E-state index contributed by atoms with van der Waals surface area (Å²) >= 11 is 0. The second-order valence-electron chi connectivity index (χ2n) is 4.18. The fourth-order valence-electron chi connectivity index (χ4n) is 1.54. The molecule has 1 heterocycles. The van der Waals surface area contributed by atoms with E-state index in [4.69, 9.17) is 20.7 Å². The molecule has 1 unspecified atom stereocenters. The molecule has 2 rings (SSSR count). The van der Waals surface area contributed by atoms with Gasteiger partial charge in [-0.15, -0.1) is 0 Å². The minimum absolute atomic E-state index is 0.109. The third-order valence-corrected chi connectivity index (χ3v) is 2.55. The number of ether oxygens (including phenoxy) is 1. The van der Waals surface area contributed by atoms with E-state index in [-0.39, 0.29) is 12.3 Å². The lowest BCUT2D eigenvalue weighted by Gasteiger charge is -2.07. The maximum absolute atomic E-state index is 11.7. The quantitative estimate of drug-likeness (QED) is 0.522.